The lowest BCUT2D eigenvalue weighted by Gasteiger charge is -2.23. The van der Waals surface area contributed by atoms with Crippen LogP contribution in [-0.2, 0) is 28.8 Å². The highest BCUT2D eigenvalue weighted by atomic mass is 16.2. The van der Waals surface area contributed by atoms with Crippen LogP contribution in [0.3, 0.4) is 0 Å². The topological polar surface area (TPSA) is 102 Å². The molecule has 0 amide bonds. The van der Waals surface area contributed by atoms with E-state index in [0.717, 1.165) is 41.5 Å². The van der Waals surface area contributed by atoms with Gasteiger partial charge in [-0.15, -0.1) is 0 Å². The van der Waals surface area contributed by atoms with Gasteiger partial charge in [-0.3, -0.25) is 28.8 Å². The number of Topliss-reactive ketones (excluding diaryl/α,β-unsaturated/α-hetero) is 6. The zero-order valence-electron chi connectivity index (χ0n) is 12.9. The molecule has 1 saturated carbocycles. The Balaban J connectivity index is 3.73. The average molecular weight is 294 g/mol. The Labute approximate surface area is 122 Å². The molecule has 21 heavy (non-hydrogen) atoms. The van der Waals surface area contributed by atoms with Crippen LogP contribution in [0.2, 0.25) is 0 Å². The van der Waals surface area contributed by atoms with E-state index in [1.54, 1.807) is 0 Å². The highest BCUT2D eigenvalue weighted by Gasteiger charge is 2.58. The molecule has 6 heteroatoms. The molecule has 0 saturated heterocycles. The number of hydrogen-bond donors (Lipinski definition) is 0. The fraction of sp³-hybridized carbons (Fsp3) is 0.600. The molecule has 0 heterocycles. The third-order valence-electron chi connectivity index (χ3n) is 4.02. The number of ketones is 6. The maximum atomic E-state index is 12.2. The van der Waals surface area contributed by atoms with Crippen LogP contribution in [0, 0.1) is 16.2 Å². The molecule has 1 fully saturated rings. The van der Waals surface area contributed by atoms with Crippen LogP contribution in [0.15, 0.2) is 0 Å². The first-order valence-corrected chi connectivity index (χ1v) is 6.47. The van der Waals surface area contributed by atoms with Crippen molar-refractivity contribution in [2.75, 3.05) is 0 Å². The molecular formula is C15H18O6. The molecule has 0 radical (unpaired) electrons. The van der Waals surface area contributed by atoms with Gasteiger partial charge in [0.25, 0.3) is 0 Å². The van der Waals surface area contributed by atoms with Gasteiger partial charge in [-0.05, 0) is 41.5 Å². The second-order valence-corrected chi connectivity index (χ2v) is 6.85. The molecule has 0 unspecified atom stereocenters. The standard InChI is InChI=1S/C15H18O6/c1-13(2)7(16)9(18)14(3,4)11(20)12(21)15(5,6)10(19)8(13)17/h1-6H3. The van der Waals surface area contributed by atoms with Gasteiger partial charge in [0.2, 0.25) is 34.7 Å². The summed E-state index contributed by atoms with van der Waals surface area (Å²) in [7, 11) is 0. The second-order valence-electron chi connectivity index (χ2n) is 6.85. The quantitative estimate of drug-likeness (QED) is 0.476. The number of hydrogen-bond acceptors (Lipinski definition) is 6. The fourth-order valence-electron chi connectivity index (χ4n) is 2.01. The third kappa shape index (κ3) is 2.18. The van der Waals surface area contributed by atoms with E-state index < -0.39 is 50.9 Å². The fourth-order valence-corrected chi connectivity index (χ4v) is 2.01. The molecule has 0 aromatic carbocycles. The normalized spacial score (nSPS) is 25.4. The van der Waals surface area contributed by atoms with Crippen molar-refractivity contribution in [2.24, 2.45) is 16.2 Å². The maximum Gasteiger partial charge on any atom is 0.212 e. The summed E-state index contributed by atoms with van der Waals surface area (Å²) in [6, 6.07) is 0. The van der Waals surface area contributed by atoms with Crippen LogP contribution in [-0.4, -0.2) is 34.7 Å². The Morgan fingerprint density at radius 3 is 0.571 bits per heavy atom. The molecule has 1 aliphatic rings. The van der Waals surface area contributed by atoms with Crippen molar-refractivity contribution in [1.29, 1.82) is 0 Å². The first-order valence-electron chi connectivity index (χ1n) is 6.47. The Bertz CT molecular complexity index is 470. The van der Waals surface area contributed by atoms with Gasteiger partial charge in [-0.25, -0.2) is 0 Å². The summed E-state index contributed by atoms with van der Waals surface area (Å²) in [5, 5.41) is 0. The smallest absolute Gasteiger partial charge is 0.212 e. The second kappa shape index (κ2) is 4.51. The van der Waals surface area contributed by atoms with Crippen LogP contribution in [0.4, 0.5) is 0 Å². The molecule has 0 aliphatic heterocycles. The van der Waals surface area contributed by atoms with E-state index in [-0.39, 0.29) is 0 Å². The van der Waals surface area contributed by atoms with Gasteiger partial charge in [0.15, 0.2) is 0 Å². The molecule has 0 aromatic rings. The minimum atomic E-state index is -1.90. The predicted octanol–water partition coefficient (Wildman–Crippen LogP) is 0.493. The SMILES string of the molecule is CC1(C)C(=O)C(=O)C(C)(C)C(=O)C(=O)C(C)(C)C(=O)C1=O. The van der Waals surface area contributed by atoms with Gasteiger partial charge in [0.05, 0.1) is 16.2 Å². The van der Waals surface area contributed by atoms with Crippen molar-refractivity contribution in [1.82, 2.24) is 0 Å². The maximum absolute atomic E-state index is 12.2. The summed E-state index contributed by atoms with van der Waals surface area (Å²) in [6.07, 6.45) is 0. The lowest BCUT2D eigenvalue weighted by Crippen LogP contribution is -2.47. The van der Waals surface area contributed by atoms with Gasteiger partial charge >= 0.3 is 0 Å². The Kier molecular flexibility index (Phi) is 3.67. The minimum absolute atomic E-state index is 1.13. The number of carbonyl (C=O) groups excluding carboxylic acids is 6. The van der Waals surface area contributed by atoms with Crippen LogP contribution >= 0.6 is 0 Å². The van der Waals surface area contributed by atoms with E-state index in [4.69, 9.17) is 0 Å². The zero-order chi connectivity index (χ0) is 17.0. The Hall–Kier alpha value is -1.98. The van der Waals surface area contributed by atoms with Crippen molar-refractivity contribution in [3.8, 4) is 0 Å². The summed E-state index contributed by atoms with van der Waals surface area (Å²) in [4.78, 5) is 73.3. The molecule has 1 aliphatic carbocycles. The number of rotatable bonds is 0. The summed E-state index contributed by atoms with van der Waals surface area (Å²) < 4.78 is 0. The molecule has 0 spiro atoms. The van der Waals surface area contributed by atoms with Crippen molar-refractivity contribution >= 4 is 34.7 Å². The van der Waals surface area contributed by atoms with Gasteiger partial charge in [-0.2, -0.15) is 0 Å². The Morgan fingerprint density at radius 2 is 0.476 bits per heavy atom. The third-order valence-corrected chi connectivity index (χ3v) is 4.02. The summed E-state index contributed by atoms with van der Waals surface area (Å²) in [6.45, 7) is 6.92. The van der Waals surface area contributed by atoms with Crippen molar-refractivity contribution in [3.63, 3.8) is 0 Å². The predicted molar refractivity (Wildman–Crippen MR) is 71.4 cm³/mol. The van der Waals surface area contributed by atoms with E-state index in [1.807, 2.05) is 0 Å². The van der Waals surface area contributed by atoms with Crippen LogP contribution in [0.25, 0.3) is 0 Å². The first kappa shape index (κ1) is 17.1. The molecule has 0 bridgehead atoms. The highest BCUT2D eigenvalue weighted by molar-refractivity contribution is 6.63. The molecule has 114 valence electrons. The molecule has 0 N–H and O–H groups in total. The highest BCUT2D eigenvalue weighted by Crippen LogP contribution is 2.35. The molecule has 0 aromatic heterocycles. The monoisotopic (exact) mass is 294 g/mol. The molecule has 1 rings (SSSR count). The van der Waals surface area contributed by atoms with Gasteiger partial charge in [-0.1, -0.05) is 0 Å². The first-order chi connectivity index (χ1) is 9.20. The largest absolute Gasteiger partial charge is 0.290 e. The zero-order valence-corrected chi connectivity index (χ0v) is 12.9. The summed E-state index contributed by atoms with van der Waals surface area (Å²) in [5.74, 6) is -6.81. The van der Waals surface area contributed by atoms with Crippen molar-refractivity contribution < 1.29 is 28.8 Å². The number of carbonyl (C=O) groups is 6. The molecular weight excluding hydrogens is 276 g/mol. The van der Waals surface area contributed by atoms with E-state index >= 15 is 0 Å². The minimum Gasteiger partial charge on any atom is -0.290 e. The lowest BCUT2D eigenvalue weighted by molar-refractivity contribution is -0.154. The van der Waals surface area contributed by atoms with E-state index in [2.05, 4.69) is 0 Å². The van der Waals surface area contributed by atoms with Gasteiger partial charge in [0.1, 0.15) is 0 Å². The van der Waals surface area contributed by atoms with E-state index in [0.29, 0.717) is 0 Å². The summed E-state index contributed by atoms with van der Waals surface area (Å²) >= 11 is 0. The van der Waals surface area contributed by atoms with Crippen LogP contribution < -0.4 is 0 Å². The molecule has 0 atom stereocenters. The van der Waals surface area contributed by atoms with Gasteiger partial charge < -0.3 is 0 Å². The molecule has 6 nitrogen and oxygen atoms in total. The Morgan fingerprint density at radius 1 is 0.381 bits per heavy atom. The van der Waals surface area contributed by atoms with Crippen molar-refractivity contribution in [2.45, 2.75) is 41.5 Å². The van der Waals surface area contributed by atoms with E-state index in [1.165, 1.54) is 0 Å². The van der Waals surface area contributed by atoms with Crippen molar-refractivity contribution in [3.05, 3.63) is 0 Å². The average Bonchev–Trinajstić information content (AvgIpc) is 2.41. The summed E-state index contributed by atoms with van der Waals surface area (Å²) in [5.41, 5.74) is -5.69. The van der Waals surface area contributed by atoms with Gasteiger partial charge in [0, 0.05) is 0 Å². The van der Waals surface area contributed by atoms with E-state index in [9.17, 15) is 28.8 Å². The van der Waals surface area contributed by atoms with Crippen LogP contribution in [0.5, 0.6) is 0 Å². The lowest BCUT2D eigenvalue weighted by atomic mass is 9.73. The van der Waals surface area contributed by atoms with Crippen LogP contribution in [0.1, 0.15) is 41.5 Å².